The van der Waals surface area contributed by atoms with E-state index in [0.717, 1.165) is 17.6 Å². The molecule has 18 heavy (non-hydrogen) atoms. The third-order valence-electron chi connectivity index (χ3n) is 2.83. The maximum atomic E-state index is 13.6. The number of allylic oxidation sites excluding steroid dienone is 5. The quantitative estimate of drug-likeness (QED) is 0.618. The first-order valence-corrected chi connectivity index (χ1v) is 6.31. The molecule has 0 aliphatic carbocycles. The van der Waals surface area contributed by atoms with Gasteiger partial charge in [0.15, 0.2) is 0 Å². The Morgan fingerprint density at radius 1 is 1.28 bits per heavy atom. The number of hydrogen-bond acceptors (Lipinski definition) is 0. The summed E-state index contributed by atoms with van der Waals surface area (Å²) in [5.74, 6) is -0.173. The number of halogens is 1. The van der Waals surface area contributed by atoms with E-state index in [1.165, 1.54) is 11.6 Å². The van der Waals surface area contributed by atoms with E-state index >= 15 is 0 Å². The van der Waals surface area contributed by atoms with Crippen LogP contribution in [0.3, 0.4) is 0 Å². The minimum atomic E-state index is -0.173. The lowest BCUT2D eigenvalue weighted by atomic mass is 10.1. The van der Waals surface area contributed by atoms with Crippen LogP contribution in [0.5, 0.6) is 0 Å². The van der Waals surface area contributed by atoms with Crippen LogP contribution in [0.25, 0.3) is 6.08 Å². The van der Waals surface area contributed by atoms with Crippen molar-refractivity contribution in [1.82, 2.24) is 0 Å². The summed E-state index contributed by atoms with van der Waals surface area (Å²) in [6, 6.07) is 5.16. The molecule has 0 heterocycles. The van der Waals surface area contributed by atoms with Gasteiger partial charge in [0, 0.05) is 5.56 Å². The van der Waals surface area contributed by atoms with Crippen LogP contribution in [0.2, 0.25) is 0 Å². The molecule has 96 valence electrons. The second-order valence-corrected chi connectivity index (χ2v) is 4.64. The highest BCUT2D eigenvalue weighted by molar-refractivity contribution is 5.56. The molecule has 0 spiro atoms. The molecule has 1 aromatic carbocycles. The SMILES string of the molecule is CCC(C)=CC=CC(C)=Cc1cc(C)ccc1F. The van der Waals surface area contributed by atoms with Gasteiger partial charge in [-0.15, -0.1) is 0 Å². The Bertz CT molecular complexity index is 490. The molecular weight excluding hydrogens is 223 g/mol. The van der Waals surface area contributed by atoms with Gasteiger partial charge in [-0.3, -0.25) is 0 Å². The Hall–Kier alpha value is -1.63. The van der Waals surface area contributed by atoms with Crippen molar-refractivity contribution in [2.45, 2.75) is 34.1 Å². The van der Waals surface area contributed by atoms with Crippen molar-refractivity contribution in [2.24, 2.45) is 0 Å². The molecule has 0 saturated carbocycles. The van der Waals surface area contributed by atoms with E-state index in [1.807, 2.05) is 38.1 Å². The van der Waals surface area contributed by atoms with Crippen LogP contribution in [0.1, 0.15) is 38.3 Å². The molecule has 0 N–H and O–H groups in total. The number of benzene rings is 1. The summed E-state index contributed by atoms with van der Waals surface area (Å²) in [7, 11) is 0. The van der Waals surface area contributed by atoms with Crippen LogP contribution in [0, 0.1) is 12.7 Å². The lowest BCUT2D eigenvalue weighted by Gasteiger charge is -2.00. The Balaban J connectivity index is 2.86. The van der Waals surface area contributed by atoms with Gasteiger partial charge in [0.05, 0.1) is 0 Å². The molecule has 1 heteroatoms. The fraction of sp³-hybridized carbons (Fsp3) is 0.294. The monoisotopic (exact) mass is 244 g/mol. The van der Waals surface area contributed by atoms with Gasteiger partial charge >= 0.3 is 0 Å². The molecule has 0 aromatic heterocycles. The van der Waals surface area contributed by atoms with Crippen molar-refractivity contribution in [3.63, 3.8) is 0 Å². The Labute approximate surface area is 110 Å². The zero-order valence-corrected chi connectivity index (χ0v) is 11.6. The maximum absolute atomic E-state index is 13.6. The summed E-state index contributed by atoms with van der Waals surface area (Å²) in [6.07, 6.45) is 9.02. The van der Waals surface area contributed by atoms with E-state index in [9.17, 15) is 4.39 Å². The zero-order valence-electron chi connectivity index (χ0n) is 11.6. The van der Waals surface area contributed by atoms with Gasteiger partial charge in [-0.05, 0) is 45.4 Å². The van der Waals surface area contributed by atoms with Crippen molar-refractivity contribution in [3.8, 4) is 0 Å². The molecule has 0 aliphatic rings. The van der Waals surface area contributed by atoms with Crippen molar-refractivity contribution in [1.29, 1.82) is 0 Å². The van der Waals surface area contributed by atoms with E-state index in [-0.39, 0.29) is 5.82 Å². The summed E-state index contributed by atoms with van der Waals surface area (Å²) >= 11 is 0. The lowest BCUT2D eigenvalue weighted by molar-refractivity contribution is 0.624. The van der Waals surface area contributed by atoms with Crippen LogP contribution in [-0.4, -0.2) is 0 Å². The maximum Gasteiger partial charge on any atom is 0.130 e. The Morgan fingerprint density at radius 2 is 2.00 bits per heavy atom. The summed E-state index contributed by atoms with van der Waals surface area (Å²) in [5.41, 5.74) is 4.09. The normalized spacial score (nSPS) is 13.4. The number of hydrogen-bond donors (Lipinski definition) is 0. The van der Waals surface area contributed by atoms with Gasteiger partial charge in [-0.1, -0.05) is 47.9 Å². The Kier molecular flexibility index (Phi) is 5.57. The molecule has 1 rings (SSSR count). The molecule has 1 aromatic rings. The second-order valence-electron chi connectivity index (χ2n) is 4.64. The number of aryl methyl sites for hydroxylation is 1. The van der Waals surface area contributed by atoms with Crippen LogP contribution >= 0.6 is 0 Å². The summed E-state index contributed by atoms with van der Waals surface area (Å²) in [5, 5.41) is 0. The first-order valence-electron chi connectivity index (χ1n) is 6.31. The molecule has 0 fully saturated rings. The van der Waals surface area contributed by atoms with E-state index in [2.05, 4.69) is 19.9 Å². The van der Waals surface area contributed by atoms with Crippen molar-refractivity contribution < 1.29 is 4.39 Å². The highest BCUT2D eigenvalue weighted by atomic mass is 19.1. The minimum Gasteiger partial charge on any atom is -0.206 e. The highest BCUT2D eigenvalue weighted by Gasteiger charge is 1.98. The molecule has 0 saturated heterocycles. The summed E-state index contributed by atoms with van der Waals surface area (Å²) < 4.78 is 13.6. The topological polar surface area (TPSA) is 0 Å². The van der Waals surface area contributed by atoms with E-state index in [1.54, 1.807) is 6.07 Å². The van der Waals surface area contributed by atoms with E-state index in [4.69, 9.17) is 0 Å². The van der Waals surface area contributed by atoms with Crippen LogP contribution in [-0.2, 0) is 0 Å². The second kappa shape index (κ2) is 6.95. The first kappa shape index (κ1) is 14.4. The van der Waals surface area contributed by atoms with E-state index in [0.29, 0.717) is 5.56 Å². The molecule has 0 radical (unpaired) electrons. The predicted octanol–water partition coefficient (Wildman–Crippen LogP) is 5.45. The van der Waals surface area contributed by atoms with Crippen LogP contribution in [0.4, 0.5) is 4.39 Å². The smallest absolute Gasteiger partial charge is 0.130 e. The van der Waals surface area contributed by atoms with Crippen molar-refractivity contribution >= 4 is 6.08 Å². The van der Waals surface area contributed by atoms with Gasteiger partial charge in [-0.25, -0.2) is 4.39 Å². The fourth-order valence-electron chi connectivity index (χ4n) is 1.55. The lowest BCUT2D eigenvalue weighted by Crippen LogP contribution is -1.84. The molecule has 0 bridgehead atoms. The highest BCUT2D eigenvalue weighted by Crippen LogP contribution is 2.14. The van der Waals surface area contributed by atoms with Gasteiger partial charge in [0.25, 0.3) is 0 Å². The van der Waals surface area contributed by atoms with Crippen molar-refractivity contribution in [3.05, 3.63) is 64.5 Å². The summed E-state index contributed by atoms with van der Waals surface area (Å²) in [6.45, 7) is 8.18. The average molecular weight is 244 g/mol. The summed E-state index contributed by atoms with van der Waals surface area (Å²) in [4.78, 5) is 0. The third kappa shape index (κ3) is 4.70. The van der Waals surface area contributed by atoms with Gasteiger partial charge in [0.1, 0.15) is 5.82 Å². The van der Waals surface area contributed by atoms with Crippen LogP contribution < -0.4 is 0 Å². The van der Waals surface area contributed by atoms with Gasteiger partial charge in [0.2, 0.25) is 0 Å². The largest absolute Gasteiger partial charge is 0.206 e. The first-order chi connectivity index (χ1) is 8.52. The van der Waals surface area contributed by atoms with Crippen LogP contribution in [0.15, 0.2) is 47.6 Å². The van der Waals surface area contributed by atoms with Crippen molar-refractivity contribution in [2.75, 3.05) is 0 Å². The van der Waals surface area contributed by atoms with Gasteiger partial charge in [-0.2, -0.15) is 0 Å². The molecule has 0 unspecified atom stereocenters. The fourth-order valence-corrected chi connectivity index (χ4v) is 1.55. The predicted molar refractivity (Wildman–Crippen MR) is 78.0 cm³/mol. The Morgan fingerprint density at radius 3 is 2.67 bits per heavy atom. The standard InChI is InChI=1S/C17H21F/c1-5-13(2)7-6-8-14(3)11-16-12-15(4)9-10-17(16)18/h6-12H,5H2,1-4H3. The van der Waals surface area contributed by atoms with Gasteiger partial charge < -0.3 is 0 Å². The zero-order chi connectivity index (χ0) is 13.5. The minimum absolute atomic E-state index is 0.173. The molecule has 0 amide bonds. The molecule has 0 atom stereocenters. The molecule has 0 aliphatic heterocycles. The molecule has 0 nitrogen and oxygen atoms in total. The molecular formula is C17H21F. The number of rotatable bonds is 4. The average Bonchev–Trinajstić information content (AvgIpc) is 2.33. The van der Waals surface area contributed by atoms with E-state index < -0.39 is 0 Å². The third-order valence-corrected chi connectivity index (χ3v) is 2.83.